The zero-order valence-corrected chi connectivity index (χ0v) is 16.5. The molecule has 1 saturated heterocycles. The van der Waals surface area contributed by atoms with E-state index in [0.29, 0.717) is 13.0 Å². The number of methoxy groups -OCH3 is 1. The van der Waals surface area contributed by atoms with Crippen molar-refractivity contribution in [3.05, 3.63) is 28.8 Å². The van der Waals surface area contributed by atoms with Gasteiger partial charge in [0.05, 0.1) is 7.11 Å². The Bertz CT molecular complexity index is 669. The number of carbonyl (C=O) groups excluding carboxylic acids is 1. The standard InChI is InChI=1S/C20H29NO5/c1-12-10-14(11-13(2)17(12)25-6)15-8-7-9-21(16(15)18(22)23)19(24)26-20(3,4)5/h10-11,15-16H,7-9H2,1-6H3,(H,22,23)/t15-,16+/m0/s1. The molecule has 0 saturated carbocycles. The SMILES string of the molecule is COc1c(C)cc([C@@H]2CCCN(C(=O)OC(C)(C)C)[C@H]2C(=O)O)cc1C. The number of nitrogens with zero attached hydrogens (tertiary/aromatic N) is 1. The maximum absolute atomic E-state index is 12.6. The Labute approximate surface area is 155 Å². The topological polar surface area (TPSA) is 76.1 Å². The fourth-order valence-corrected chi connectivity index (χ4v) is 3.70. The predicted molar refractivity (Wildman–Crippen MR) is 98.8 cm³/mol. The van der Waals surface area contributed by atoms with Crippen LogP contribution in [0.25, 0.3) is 0 Å². The Morgan fingerprint density at radius 1 is 1.19 bits per heavy atom. The van der Waals surface area contributed by atoms with E-state index in [1.807, 2.05) is 26.0 Å². The highest BCUT2D eigenvalue weighted by Crippen LogP contribution is 2.37. The first-order chi connectivity index (χ1) is 12.0. The molecule has 1 aliphatic rings. The van der Waals surface area contributed by atoms with Crippen molar-refractivity contribution in [3.63, 3.8) is 0 Å². The third-order valence-corrected chi connectivity index (χ3v) is 4.63. The number of rotatable bonds is 3. The van der Waals surface area contributed by atoms with Gasteiger partial charge in [0.1, 0.15) is 17.4 Å². The van der Waals surface area contributed by atoms with Crippen LogP contribution in [-0.4, -0.2) is 47.4 Å². The van der Waals surface area contributed by atoms with Crippen LogP contribution in [0.2, 0.25) is 0 Å². The van der Waals surface area contributed by atoms with Gasteiger partial charge in [-0.3, -0.25) is 4.90 Å². The van der Waals surface area contributed by atoms with E-state index in [1.54, 1.807) is 27.9 Å². The molecule has 0 bridgehead atoms. The summed E-state index contributed by atoms with van der Waals surface area (Å²) in [4.78, 5) is 26.0. The highest BCUT2D eigenvalue weighted by atomic mass is 16.6. The van der Waals surface area contributed by atoms with Crippen LogP contribution >= 0.6 is 0 Å². The molecule has 1 aromatic rings. The van der Waals surface area contributed by atoms with E-state index in [1.165, 1.54) is 4.90 Å². The average molecular weight is 363 g/mol. The van der Waals surface area contributed by atoms with Crippen LogP contribution in [0.5, 0.6) is 5.75 Å². The van der Waals surface area contributed by atoms with Crippen molar-refractivity contribution in [1.82, 2.24) is 4.90 Å². The van der Waals surface area contributed by atoms with Crippen LogP contribution in [0.3, 0.4) is 0 Å². The van der Waals surface area contributed by atoms with Crippen LogP contribution in [-0.2, 0) is 9.53 Å². The van der Waals surface area contributed by atoms with E-state index in [-0.39, 0.29) is 5.92 Å². The molecule has 2 rings (SSSR count). The molecule has 6 heteroatoms. The molecule has 144 valence electrons. The van der Waals surface area contributed by atoms with E-state index in [2.05, 4.69) is 0 Å². The fourth-order valence-electron chi connectivity index (χ4n) is 3.70. The van der Waals surface area contributed by atoms with Gasteiger partial charge in [-0.1, -0.05) is 12.1 Å². The van der Waals surface area contributed by atoms with Crippen molar-refractivity contribution in [3.8, 4) is 5.75 Å². The molecular formula is C20H29NO5. The molecule has 0 aliphatic carbocycles. The van der Waals surface area contributed by atoms with Crippen LogP contribution in [0, 0.1) is 13.8 Å². The third kappa shape index (κ3) is 4.29. The van der Waals surface area contributed by atoms with Gasteiger partial charge in [-0.15, -0.1) is 0 Å². The van der Waals surface area contributed by atoms with Gasteiger partial charge in [0, 0.05) is 12.5 Å². The van der Waals surface area contributed by atoms with Crippen LogP contribution < -0.4 is 4.74 Å². The Hall–Kier alpha value is -2.24. The van der Waals surface area contributed by atoms with E-state index in [0.717, 1.165) is 28.9 Å². The second-order valence-corrected chi connectivity index (χ2v) is 7.89. The van der Waals surface area contributed by atoms with Gasteiger partial charge in [-0.05, 0) is 64.2 Å². The Morgan fingerprint density at radius 2 is 1.77 bits per heavy atom. The second-order valence-electron chi connectivity index (χ2n) is 7.89. The number of carbonyl (C=O) groups is 2. The highest BCUT2D eigenvalue weighted by Gasteiger charge is 2.42. The summed E-state index contributed by atoms with van der Waals surface area (Å²) in [6.45, 7) is 9.60. The molecule has 1 aromatic carbocycles. The highest BCUT2D eigenvalue weighted by molar-refractivity contribution is 5.81. The number of piperidine rings is 1. The summed E-state index contributed by atoms with van der Waals surface area (Å²) >= 11 is 0. The van der Waals surface area contributed by atoms with Gasteiger partial charge in [-0.25, -0.2) is 9.59 Å². The number of amides is 1. The smallest absolute Gasteiger partial charge is 0.411 e. The van der Waals surface area contributed by atoms with Gasteiger partial charge in [-0.2, -0.15) is 0 Å². The summed E-state index contributed by atoms with van der Waals surface area (Å²) in [5, 5.41) is 9.85. The lowest BCUT2D eigenvalue weighted by Gasteiger charge is -2.39. The maximum Gasteiger partial charge on any atom is 0.411 e. The lowest BCUT2D eigenvalue weighted by Crippen LogP contribution is -2.53. The number of aliphatic carboxylic acids is 1. The number of hydrogen-bond acceptors (Lipinski definition) is 4. The van der Waals surface area contributed by atoms with E-state index in [9.17, 15) is 14.7 Å². The van der Waals surface area contributed by atoms with Crippen LogP contribution in [0.4, 0.5) is 4.79 Å². The largest absolute Gasteiger partial charge is 0.496 e. The summed E-state index contributed by atoms with van der Waals surface area (Å²) in [5.41, 5.74) is 2.17. The molecule has 0 radical (unpaired) electrons. The number of aryl methyl sites for hydroxylation is 2. The summed E-state index contributed by atoms with van der Waals surface area (Å²) < 4.78 is 10.8. The van der Waals surface area contributed by atoms with Crippen molar-refractivity contribution < 1.29 is 24.2 Å². The van der Waals surface area contributed by atoms with Gasteiger partial charge in [0.15, 0.2) is 0 Å². The number of likely N-dealkylation sites (tertiary alicyclic amines) is 1. The zero-order valence-electron chi connectivity index (χ0n) is 16.5. The Balaban J connectivity index is 2.39. The quantitative estimate of drug-likeness (QED) is 0.882. The fraction of sp³-hybridized carbons (Fsp3) is 0.600. The van der Waals surface area contributed by atoms with Crippen molar-refractivity contribution in [2.75, 3.05) is 13.7 Å². The average Bonchev–Trinajstić information content (AvgIpc) is 2.52. The lowest BCUT2D eigenvalue weighted by molar-refractivity contribution is -0.145. The van der Waals surface area contributed by atoms with Crippen molar-refractivity contribution in [1.29, 1.82) is 0 Å². The summed E-state index contributed by atoms with van der Waals surface area (Å²) in [6.07, 6.45) is 0.871. The zero-order chi connectivity index (χ0) is 19.6. The van der Waals surface area contributed by atoms with E-state index in [4.69, 9.17) is 9.47 Å². The van der Waals surface area contributed by atoms with Gasteiger partial charge >= 0.3 is 12.1 Å². The number of hydrogen-bond donors (Lipinski definition) is 1. The molecular weight excluding hydrogens is 334 g/mol. The Kier molecular flexibility index (Phi) is 5.84. The van der Waals surface area contributed by atoms with Crippen molar-refractivity contribution in [2.45, 2.75) is 65.0 Å². The summed E-state index contributed by atoms with van der Waals surface area (Å²) in [6, 6.07) is 2.99. The molecule has 26 heavy (non-hydrogen) atoms. The van der Waals surface area contributed by atoms with E-state index >= 15 is 0 Å². The molecule has 1 amide bonds. The van der Waals surface area contributed by atoms with Gasteiger partial charge < -0.3 is 14.6 Å². The monoisotopic (exact) mass is 363 g/mol. The number of ether oxygens (including phenoxy) is 2. The molecule has 6 nitrogen and oxygen atoms in total. The van der Waals surface area contributed by atoms with E-state index < -0.39 is 23.7 Å². The van der Waals surface area contributed by atoms with Gasteiger partial charge in [0.25, 0.3) is 0 Å². The normalized spacial score (nSPS) is 20.6. The van der Waals surface area contributed by atoms with Crippen LogP contribution in [0.1, 0.15) is 56.2 Å². The second kappa shape index (κ2) is 7.56. The number of carboxylic acid groups (broad SMARTS) is 1. The molecule has 0 unspecified atom stereocenters. The minimum atomic E-state index is -1.01. The first-order valence-corrected chi connectivity index (χ1v) is 8.92. The predicted octanol–water partition coefficient (Wildman–Crippen LogP) is 3.88. The minimum Gasteiger partial charge on any atom is -0.496 e. The Morgan fingerprint density at radius 3 is 2.23 bits per heavy atom. The first-order valence-electron chi connectivity index (χ1n) is 8.92. The molecule has 1 fully saturated rings. The molecule has 0 spiro atoms. The third-order valence-electron chi connectivity index (χ3n) is 4.63. The molecule has 2 atom stereocenters. The van der Waals surface area contributed by atoms with Gasteiger partial charge in [0.2, 0.25) is 0 Å². The number of benzene rings is 1. The summed E-state index contributed by atoms with van der Waals surface area (Å²) in [7, 11) is 1.62. The molecule has 1 N–H and O–H groups in total. The minimum absolute atomic E-state index is 0.280. The van der Waals surface area contributed by atoms with Crippen LogP contribution in [0.15, 0.2) is 12.1 Å². The summed E-state index contributed by atoms with van der Waals surface area (Å²) in [5.74, 6) is -0.482. The number of carboxylic acids is 1. The lowest BCUT2D eigenvalue weighted by atomic mass is 9.82. The molecule has 1 aliphatic heterocycles. The molecule has 1 heterocycles. The molecule has 0 aromatic heterocycles. The first kappa shape index (κ1) is 20.1. The maximum atomic E-state index is 12.6. The van der Waals surface area contributed by atoms with Crippen molar-refractivity contribution >= 4 is 12.1 Å². The van der Waals surface area contributed by atoms with Crippen molar-refractivity contribution in [2.24, 2.45) is 0 Å².